The molecule has 0 spiro atoms. The zero-order valence-corrected chi connectivity index (χ0v) is 13.2. The number of rotatable bonds is 3. The summed E-state index contributed by atoms with van der Waals surface area (Å²) in [5.41, 5.74) is 4.26. The molecule has 1 heterocycles. The molecule has 4 heteroatoms. The lowest BCUT2D eigenvalue weighted by atomic mass is 10.00. The number of hydrogen-bond donors (Lipinski definition) is 1. The summed E-state index contributed by atoms with van der Waals surface area (Å²) in [6, 6.07) is 15.7. The van der Waals surface area contributed by atoms with Gasteiger partial charge in [0.2, 0.25) is 11.8 Å². The van der Waals surface area contributed by atoms with Crippen LogP contribution in [-0.4, -0.2) is 23.3 Å². The molecule has 0 saturated carbocycles. The number of carbonyl (C=O) groups is 2. The molecule has 0 fully saturated rings. The number of hydrogen-bond acceptors (Lipinski definition) is 2. The van der Waals surface area contributed by atoms with E-state index in [-0.39, 0.29) is 18.2 Å². The molecule has 0 saturated heterocycles. The Morgan fingerprint density at radius 2 is 1.87 bits per heavy atom. The van der Waals surface area contributed by atoms with Gasteiger partial charge in [-0.3, -0.25) is 9.59 Å². The number of fused-ring (bicyclic) bond motifs is 1. The Morgan fingerprint density at radius 3 is 2.65 bits per heavy atom. The number of aryl methyl sites for hydroxylation is 1. The first-order chi connectivity index (χ1) is 11.1. The highest BCUT2D eigenvalue weighted by Gasteiger charge is 2.22. The molecule has 1 aliphatic heterocycles. The number of nitrogens with zero attached hydrogens (tertiary/aromatic N) is 1. The van der Waals surface area contributed by atoms with Crippen molar-refractivity contribution in [1.29, 1.82) is 0 Å². The lowest BCUT2D eigenvalue weighted by Gasteiger charge is -2.28. The van der Waals surface area contributed by atoms with Crippen molar-refractivity contribution in [3.05, 3.63) is 65.2 Å². The Labute approximate surface area is 136 Å². The third-order valence-corrected chi connectivity index (χ3v) is 4.10. The Bertz CT molecular complexity index is 740. The van der Waals surface area contributed by atoms with E-state index in [0.717, 1.165) is 17.7 Å². The molecule has 118 valence electrons. The molecule has 1 aliphatic rings. The van der Waals surface area contributed by atoms with E-state index < -0.39 is 0 Å². The van der Waals surface area contributed by atoms with Crippen LogP contribution in [0.25, 0.3) is 0 Å². The van der Waals surface area contributed by atoms with Crippen LogP contribution in [0.5, 0.6) is 0 Å². The van der Waals surface area contributed by atoms with Crippen molar-refractivity contribution in [3.63, 3.8) is 0 Å². The fourth-order valence-corrected chi connectivity index (χ4v) is 2.89. The van der Waals surface area contributed by atoms with Crippen molar-refractivity contribution in [1.82, 2.24) is 4.90 Å². The molecule has 2 aromatic carbocycles. The van der Waals surface area contributed by atoms with Crippen molar-refractivity contribution < 1.29 is 9.59 Å². The number of carbonyl (C=O) groups excluding carboxylic acids is 2. The predicted molar refractivity (Wildman–Crippen MR) is 90.0 cm³/mol. The standard InChI is InChI=1S/C19H20N2O2/c1-14-5-4-8-17(11-14)20-18(22)12-19(23)21-10-9-15-6-2-3-7-16(15)13-21/h2-8,11H,9-10,12-13H2,1H3,(H,20,22). The lowest BCUT2D eigenvalue weighted by molar-refractivity contribution is -0.135. The molecule has 1 N–H and O–H groups in total. The van der Waals surface area contributed by atoms with Crippen LogP contribution in [-0.2, 0) is 22.6 Å². The van der Waals surface area contributed by atoms with Gasteiger partial charge in [-0.15, -0.1) is 0 Å². The van der Waals surface area contributed by atoms with Crippen molar-refractivity contribution in [3.8, 4) is 0 Å². The molecule has 0 unspecified atom stereocenters. The summed E-state index contributed by atoms with van der Waals surface area (Å²) in [4.78, 5) is 26.2. The highest BCUT2D eigenvalue weighted by atomic mass is 16.2. The summed E-state index contributed by atoms with van der Waals surface area (Å²) in [5.74, 6) is -0.385. The SMILES string of the molecule is Cc1cccc(NC(=O)CC(=O)N2CCc3ccccc3C2)c1. The number of benzene rings is 2. The fourth-order valence-electron chi connectivity index (χ4n) is 2.89. The maximum absolute atomic E-state index is 12.3. The minimum Gasteiger partial charge on any atom is -0.338 e. The predicted octanol–water partition coefficient (Wildman–Crippen LogP) is 2.91. The second-order valence-electron chi connectivity index (χ2n) is 5.93. The first-order valence-electron chi connectivity index (χ1n) is 7.83. The molecule has 0 radical (unpaired) electrons. The van der Waals surface area contributed by atoms with Gasteiger partial charge in [0.15, 0.2) is 0 Å². The molecule has 23 heavy (non-hydrogen) atoms. The highest BCUT2D eigenvalue weighted by molar-refractivity contribution is 6.03. The third-order valence-electron chi connectivity index (χ3n) is 4.10. The number of anilines is 1. The first-order valence-corrected chi connectivity index (χ1v) is 7.83. The van der Waals surface area contributed by atoms with E-state index in [2.05, 4.69) is 11.4 Å². The highest BCUT2D eigenvalue weighted by Crippen LogP contribution is 2.19. The first kappa shape index (κ1) is 15.3. The van der Waals surface area contributed by atoms with Crippen molar-refractivity contribution in [2.24, 2.45) is 0 Å². The minimum atomic E-state index is -0.264. The Kier molecular flexibility index (Phi) is 4.42. The van der Waals surface area contributed by atoms with Gasteiger partial charge in [-0.1, -0.05) is 36.4 Å². The second-order valence-corrected chi connectivity index (χ2v) is 5.93. The van der Waals surface area contributed by atoms with E-state index in [0.29, 0.717) is 13.1 Å². The fraction of sp³-hybridized carbons (Fsp3) is 0.263. The van der Waals surface area contributed by atoms with Gasteiger partial charge < -0.3 is 10.2 Å². The third kappa shape index (κ3) is 3.77. The Hall–Kier alpha value is -2.62. The second kappa shape index (κ2) is 6.65. The molecule has 2 aromatic rings. The average Bonchev–Trinajstić information content (AvgIpc) is 2.54. The van der Waals surface area contributed by atoms with Crippen LogP contribution in [0, 0.1) is 6.92 Å². The molecule has 3 rings (SSSR count). The van der Waals surface area contributed by atoms with Gasteiger partial charge in [-0.25, -0.2) is 0 Å². The molecule has 0 bridgehead atoms. The quantitative estimate of drug-likeness (QED) is 0.886. The van der Waals surface area contributed by atoms with Gasteiger partial charge in [-0.05, 0) is 42.2 Å². The van der Waals surface area contributed by atoms with E-state index in [9.17, 15) is 9.59 Å². The van der Waals surface area contributed by atoms with E-state index in [4.69, 9.17) is 0 Å². The van der Waals surface area contributed by atoms with Crippen LogP contribution in [0.3, 0.4) is 0 Å². The van der Waals surface area contributed by atoms with E-state index in [1.54, 1.807) is 4.90 Å². The summed E-state index contributed by atoms with van der Waals surface area (Å²) >= 11 is 0. The van der Waals surface area contributed by atoms with Crippen LogP contribution in [0.1, 0.15) is 23.1 Å². The lowest BCUT2D eigenvalue weighted by Crippen LogP contribution is -2.37. The summed E-state index contributed by atoms with van der Waals surface area (Å²) in [7, 11) is 0. The summed E-state index contributed by atoms with van der Waals surface area (Å²) in [6.45, 7) is 3.23. The maximum atomic E-state index is 12.3. The van der Waals surface area contributed by atoms with Gasteiger partial charge in [0.05, 0.1) is 0 Å². The minimum absolute atomic E-state index is 0.115. The molecular formula is C19H20N2O2. The largest absolute Gasteiger partial charge is 0.338 e. The van der Waals surface area contributed by atoms with Gasteiger partial charge in [-0.2, -0.15) is 0 Å². The van der Waals surface area contributed by atoms with Crippen LogP contribution in [0.15, 0.2) is 48.5 Å². The number of nitrogens with one attached hydrogen (secondary N) is 1. The molecule has 4 nitrogen and oxygen atoms in total. The molecule has 0 aliphatic carbocycles. The van der Waals surface area contributed by atoms with Gasteiger partial charge in [0.25, 0.3) is 0 Å². The smallest absolute Gasteiger partial charge is 0.233 e. The molecule has 0 aromatic heterocycles. The monoisotopic (exact) mass is 308 g/mol. The van der Waals surface area contributed by atoms with Crippen molar-refractivity contribution in [2.45, 2.75) is 26.3 Å². The van der Waals surface area contributed by atoms with E-state index in [1.165, 1.54) is 11.1 Å². The van der Waals surface area contributed by atoms with Gasteiger partial charge in [0.1, 0.15) is 6.42 Å². The van der Waals surface area contributed by atoms with E-state index >= 15 is 0 Å². The molecule has 2 amide bonds. The van der Waals surface area contributed by atoms with Crippen molar-refractivity contribution >= 4 is 17.5 Å². The Morgan fingerprint density at radius 1 is 1.09 bits per heavy atom. The summed E-state index contributed by atoms with van der Waals surface area (Å²) in [6.07, 6.45) is 0.734. The average molecular weight is 308 g/mol. The summed E-state index contributed by atoms with van der Waals surface area (Å²) in [5, 5.41) is 2.79. The van der Waals surface area contributed by atoms with Crippen LogP contribution < -0.4 is 5.32 Å². The Balaban J connectivity index is 1.58. The maximum Gasteiger partial charge on any atom is 0.233 e. The molecule has 0 atom stereocenters. The van der Waals surface area contributed by atoms with Crippen LogP contribution in [0.2, 0.25) is 0 Å². The summed E-state index contributed by atoms with van der Waals surface area (Å²) < 4.78 is 0. The zero-order valence-electron chi connectivity index (χ0n) is 13.2. The molecular weight excluding hydrogens is 288 g/mol. The normalized spacial score (nSPS) is 13.3. The topological polar surface area (TPSA) is 49.4 Å². The number of amides is 2. The van der Waals surface area contributed by atoms with Crippen molar-refractivity contribution in [2.75, 3.05) is 11.9 Å². The van der Waals surface area contributed by atoms with Crippen LogP contribution in [0.4, 0.5) is 5.69 Å². The zero-order chi connectivity index (χ0) is 16.2. The van der Waals surface area contributed by atoms with Gasteiger partial charge in [0, 0.05) is 18.8 Å². The van der Waals surface area contributed by atoms with Crippen LogP contribution >= 0.6 is 0 Å². The van der Waals surface area contributed by atoms with E-state index in [1.807, 2.05) is 49.4 Å². The van der Waals surface area contributed by atoms with Gasteiger partial charge >= 0.3 is 0 Å².